The molecule has 1 aliphatic heterocycles. The summed E-state index contributed by atoms with van der Waals surface area (Å²) in [5, 5.41) is 7.22. The van der Waals surface area contributed by atoms with Crippen molar-refractivity contribution in [1.82, 2.24) is 10.6 Å². The number of piperidine rings is 2. The van der Waals surface area contributed by atoms with Crippen LogP contribution in [0.4, 0.5) is 5.69 Å². The largest absolute Gasteiger partial charge is 0.378 e. The van der Waals surface area contributed by atoms with E-state index < -0.39 is 0 Å². The lowest BCUT2D eigenvalue weighted by Crippen LogP contribution is -2.62. The fraction of sp³-hybridized carbons (Fsp3) is 0.600. The lowest BCUT2D eigenvalue weighted by Gasteiger charge is -2.50. The Bertz CT molecular complexity index is 385. The third-order valence-electron chi connectivity index (χ3n) is 4.43. The van der Waals surface area contributed by atoms with Crippen molar-refractivity contribution in [3.8, 4) is 0 Å². The van der Waals surface area contributed by atoms with Crippen LogP contribution in [0, 0.1) is 11.8 Å². The second-order valence-corrected chi connectivity index (χ2v) is 5.88. The summed E-state index contributed by atoms with van der Waals surface area (Å²) in [5.74, 6) is 1.73. The van der Waals surface area contributed by atoms with Crippen LogP contribution in [0.25, 0.3) is 0 Å². The predicted octanol–water partition coefficient (Wildman–Crippen LogP) is 1.45. The van der Waals surface area contributed by atoms with Gasteiger partial charge < -0.3 is 15.5 Å². The van der Waals surface area contributed by atoms with E-state index in [4.69, 9.17) is 0 Å². The van der Waals surface area contributed by atoms with Gasteiger partial charge in [0.05, 0.1) is 0 Å². The molecule has 0 spiro atoms. The summed E-state index contributed by atoms with van der Waals surface area (Å²) < 4.78 is 0. The third-order valence-corrected chi connectivity index (χ3v) is 4.43. The molecule has 2 aliphatic rings. The van der Waals surface area contributed by atoms with E-state index in [1.54, 1.807) is 0 Å². The molecule has 0 radical (unpaired) electrons. The number of hydrogen-bond acceptors (Lipinski definition) is 3. The van der Waals surface area contributed by atoms with Gasteiger partial charge in [-0.25, -0.2) is 0 Å². The highest BCUT2D eigenvalue weighted by atomic mass is 15.1. The van der Waals surface area contributed by atoms with E-state index in [0.29, 0.717) is 0 Å². The van der Waals surface area contributed by atoms with E-state index in [-0.39, 0.29) is 0 Å². The molecule has 3 nitrogen and oxygen atoms in total. The molecule has 1 aromatic rings. The van der Waals surface area contributed by atoms with Crippen molar-refractivity contribution in [2.24, 2.45) is 11.8 Å². The Hall–Kier alpha value is -1.06. The summed E-state index contributed by atoms with van der Waals surface area (Å²) in [5.41, 5.74) is 2.65. The second-order valence-electron chi connectivity index (χ2n) is 5.88. The molecule has 0 amide bonds. The molecule has 3 heteroatoms. The van der Waals surface area contributed by atoms with Gasteiger partial charge in [0.1, 0.15) is 0 Å². The van der Waals surface area contributed by atoms with E-state index in [1.807, 2.05) is 0 Å². The molecule has 1 heterocycles. The average Bonchev–Trinajstić information content (AvgIpc) is 2.40. The molecule has 1 saturated carbocycles. The quantitative estimate of drug-likeness (QED) is 0.841. The molecule has 98 valence electrons. The van der Waals surface area contributed by atoms with E-state index in [1.165, 1.54) is 30.8 Å². The average molecular weight is 245 g/mol. The van der Waals surface area contributed by atoms with Crippen molar-refractivity contribution in [3.63, 3.8) is 0 Å². The minimum atomic E-state index is 0.750. The summed E-state index contributed by atoms with van der Waals surface area (Å²) in [6.45, 7) is 3.41. The van der Waals surface area contributed by atoms with Gasteiger partial charge in [-0.2, -0.15) is 0 Å². The lowest BCUT2D eigenvalue weighted by atomic mass is 9.67. The van der Waals surface area contributed by atoms with E-state index in [0.717, 1.165) is 24.4 Å². The van der Waals surface area contributed by atoms with Gasteiger partial charge in [0.15, 0.2) is 0 Å². The Labute approximate surface area is 110 Å². The first-order chi connectivity index (χ1) is 8.74. The van der Waals surface area contributed by atoms with E-state index in [9.17, 15) is 0 Å². The Balaban J connectivity index is 1.54. The van der Waals surface area contributed by atoms with Crippen molar-refractivity contribution < 1.29 is 0 Å². The number of nitrogens with zero attached hydrogens (tertiary/aromatic N) is 1. The highest BCUT2D eigenvalue weighted by Gasteiger charge is 2.42. The molecule has 2 fully saturated rings. The maximum absolute atomic E-state index is 3.73. The molecule has 3 rings (SSSR count). The maximum Gasteiger partial charge on any atom is 0.0361 e. The van der Waals surface area contributed by atoms with Crippen LogP contribution in [0.5, 0.6) is 0 Å². The van der Waals surface area contributed by atoms with Crippen molar-refractivity contribution in [1.29, 1.82) is 0 Å². The van der Waals surface area contributed by atoms with Crippen LogP contribution in [0.1, 0.15) is 12.0 Å². The Morgan fingerprint density at radius 2 is 1.83 bits per heavy atom. The van der Waals surface area contributed by atoms with Gasteiger partial charge >= 0.3 is 0 Å². The summed E-state index contributed by atoms with van der Waals surface area (Å²) in [6, 6.07) is 9.60. The molecule has 0 unspecified atom stereocenters. The Morgan fingerprint density at radius 1 is 1.17 bits per heavy atom. The molecular weight excluding hydrogens is 222 g/mol. The van der Waals surface area contributed by atoms with E-state index >= 15 is 0 Å². The van der Waals surface area contributed by atoms with Gasteiger partial charge in [-0.15, -0.1) is 0 Å². The standard InChI is InChI=1S/C15H23N3/c1-18(2)14-5-3-11(4-6-14)8-17-15-12-7-13(15)10-16-9-12/h3-6,12-13,15-17H,7-10H2,1-2H3/t12-,13+,15+. The van der Waals surface area contributed by atoms with Crippen molar-refractivity contribution in [2.45, 2.75) is 19.0 Å². The first-order valence-corrected chi connectivity index (χ1v) is 6.94. The van der Waals surface area contributed by atoms with Crippen molar-refractivity contribution >= 4 is 5.69 Å². The lowest BCUT2D eigenvalue weighted by molar-refractivity contribution is 0.0657. The summed E-state index contributed by atoms with van der Waals surface area (Å²) in [7, 11) is 4.16. The number of nitrogens with one attached hydrogen (secondary N) is 2. The molecule has 1 saturated heterocycles. The topological polar surface area (TPSA) is 27.3 Å². The van der Waals surface area contributed by atoms with E-state index in [2.05, 4.69) is 53.9 Å². The highest BCUT2D eigenvalue weighted by molar-refractivity contribution is 5.45. The number of benzene rings is 1. The fourth-order valence-electron chi connectivity index (χ4n) is 3.23. The van der Waals surface area contributed by atoms with Crippen LogP contribution in [0.15, 0.2) is 24.3 Å². The summed E-state index contributed by atoms with van der Waals surface area (Å²) in [4.78, 5) is 2.14. The number of hydrogen-bond donors (Lipinski definition) is 2. The Kier molecular flexibility index (Phi) is 3.27. The Morgan fingerprint density at radius 3 is 2.39 bits per heavy atom. The molecule has 0 aromatic heterocycles. The smallest absolute Gasteiger partial charge is 0.0361 e. The summed E-state index contributed by atoms with van der Waals surface area (Å²) in [6.07, 6.45) is 1.42. The van der Waals surface area contributed by atoms with Gasteiger partial charge in [-0.3, -0.25) is 0 Å². The van der Waals surface area contributed by atoms with Crippen LogP contribution in [-0.2, 0) is 6.54 Å². The zero-order chi connectivity index (χ0) is 12.5. The van der Waals surface area contributed by atoms with Gasteiger partial charge in [0.2, 0.25) is 0 Å². The molecular formula is C15H23N3. The number of anilines is 1. The van der Waals surface area contributed by atoms with Gasteiger partial charge in [0, 0.05) is 32.4 Å². The van der Waals surface area contributed by atoms with Crippen LogP contribution in [0.3, 0.4) is 0 Å². The van der Waals surface area contributed by atoms with Gasteiger partial charge in [-0.05, 0) is 49.0 Å². The minimum absolute atomic E-state index is 0.750. The maximum atomic E-state index is 3.73. The summed E-state index contributed by atoms with van der Waals surface area (Å²) >= 11 is 0. The van der Waals surface area contributed by atoms with Crippen LogP contribution in [0.2, 0.25) is 0 Å². The number of fused-ring (bicyclic) bond motifs is 2. The predicted molar refractivity (Wildman–Crippen MR) is 75.9 cm³/mol. The third kappa shape index (κ3) is 2.25. The first kappa shape index (κ1) is 12.0. The molecule has 1 aliphatic carbocycles. The zero-order valence-electron chi connectivity index (χ0n) is 11.3. The second kappa shape index (κ2) is 4.90. The van der Waals surface area contributed by atoms with Gasteiger partial charge in [0.25, 0.3) is 0 Å². The molecule has 18 heavy (non-hydrogen) atoms. The SMILES string of the molecule is CN(C)c1ccc(CN[C@@H]2[C@@H]3CNC[C@H]2C3)cc1. The fourth-order valence-corrected chi connectivity index (χ4v) is 3.23. The highest BCUT2D eigenvalue weighted by Crippen LogP contribution is 2.36. The molecule has 1 aromatic carbocycles. The van der Waals surface area contributed by atoms with Crippen LogP contribution < -0.4 is 15.5 Å². The normalized spacial score (nSPS) is 29.8. The van der Waals surface area contributed by atoms with Crippen LogP contribution in [-0.4, -0.2) is 33.2 Å². The first-order valence-electron chi connectivity index (χ1n) is 6.94. The van der Waals surface area contributed by atoms with Crippen LogP contribution >= 0.6 is 0 Å². The zero-order valence-corrected chi connectivity index (χ0v) is 11.3. The van der Waals surface area contributed by atoms with Crippen molar-refractivity contribution in [2.75, 3.05) is 32.1 Å². The van der Waals surface area contributed by atoms with Gasteiger partial charge in [-0.1, -0.05) is 12.1 Å². The minimum Gasteiger partial charge on any atom is -0.378 e. The monoisotopic (exact) mass is 245 g/mol. The molecule has 3 atom stereocenters. The number of rotatable bonds is 4. The molecule has 2 bridgehead atoms. The molecule has 2 N–H and O–H groups in total. The van der Waals surface area contributed by atoms with Crippen molar-refractivity contribution in [3.05, 3.63) is 29.8 Å².